The Morgan fingerprint density at radius 2 is 2.31 bits per heavy atom. The molecule has 1 saturated heterocycles. The quantitative estimate of drug-likeness (QED) is 0.774. The van der Waals surface area contributed by atoms with Gasteiger partial charge in [-0.2, -0.15) is 0 Å². The van der Waals surface area contributed by atoms with Crippen molar-refractivity contribution in [2.75, 3.05) is 6.54 Å². The highest BCUT2D eigenvalue weighted by atomic mass is 16.2. The molecule has 16 heavy (non-hydrogen) atoms. The van der Waals surface area contributed by atoms with Crippen molar-refractivity contribution in [1.29, 1.82) is 0 Å². The van der Waals surface area contributed by atoms with Crippen LogP contribution in [0.2, 0.25) is 0 Å². The molecule has 0 radical (unpaired) electrons. The highest BCUT2D eigenvalue weighted by Crippen LogP contribution is 2.12. The molecule has 0 bridgehead atoms. The van der Waals surface area contributed by atoms with E-state index in [0.717, 1.165) is 30.8 Å². The first-order chi connectivity index (χ1) is 7.66. The molecular weight excluding hydrogens is 204 g/mol. The maximum absolute atomic E-state index is 11.7. The molecule has 1 aromatic heterocycles. The Morgan fingerprint density at radius 1 is 1.50 bits per heavy atom. The summed E-state index contributed by atoms with van der Waals surface area (Å²) in [7, 11) is 0. The number of amides is 1. The number of rotatable bonds is 2. The van der Waals surface area contributed by atoms with Crippen LogP contribution in [0.15, 0.2) is 12.4 Å². The molecule has 0 aliphatic carbocycles. The van der Waals surface area contributed by atoms with Crippen LogP contribution in [-0.2, 0) is 11.3 Å². The van der Waals surface area contributed by atoms with Crippen molar-refractivity contribution in [2.45, 2.75) is 32.4 Å². The third-order valence-corrected chi connectivity index (χ3v) is 2.76. The Bertz CT molecular complexity index is 376. The van der Waals surface area contributed by atoms with E-state index in [1.165, 1.54) is 0 Å². The second-order valence-electron chi connectivity index (χ2n) is 4.16. The fourth-order valence-electron chi connectivity index (χ4n) is 1.82. The Kier molecular flexibility index (Phi) is 3.14. The summed E-state index contributed by atoms with van der Waals surface area (Å²) in [5.41, 5.74) is 7.41. The Balaban J connectivity index is 2.03. The highest BCUT2D eigenvalue weighted by Gasteiger charge is 2.25. The number of aromatic nitrogens is 2. The predicted octanol–water partition coefficient (Wildman–Crippen LogP) is 0.235. The first-order valence-electron chi connectivity index (χ1n) is 5.48. The van der Waals surface area contributed by atoms with Crippen molar-refractivity contribution >= 4 is 5.91 Å². The second kappa shape index (κ2) is 4.57. The zero-order chi connectivity index (χ0) is 11.5. The van der Waals surface area contributed by atoms with Gasteiger partial charge in [-0.05, 0) is 19.8 Å². The van der Waals surface area contributed by atoms with Crippen LogP contribution in [0.3, 0.4) is 0 Å². The van der Waals surface area contributed by atoms with Gasteiger partial charge in [-0.25, -0.2) is 0 Å². The molecule has 5 nitrogen and oxygen atoms in total. The van der Waals surface area contributed by atoms with Crippen LogP contribution < -0.4 is 5.73 Å². The molecule has 1 amide bonds. The molecule has 1 aliphatic heterocycles. The van der Waals surface area contributed by atoms with Gasteiger partial charge in [0.05, 0.1) is 30.2 Å². The molecule has 0 spiro atoms. The van der Waals surface area contributed by atoms with E-state index in [4.69, 9.17) is 5.73 Å². The largest absolute Gasteiger partial charge is 0.335 e. The van der Waals surface area contributed by atoms with E-state index in [-0.39, 0.29) is 11.9 Å². The van der Waals surface area contributed by atoms with Crippen molar-refractivity contribution in [3.8, 4) is 0 Å². The molecule has 2 heterocycles. The molecular formula is C11H16N4O. The minimum atomic E-state index is -0.341. The molecule has 2 N–H and O–H groups in total. The molecule has 2 rings (SSSR count). The number of piperidine rings is 1. The molecule has 0 aromatic carbocycles. The molecule has 0 saturated carbocycles. The van der Waals surface area contributed by atoms with E-state index in [1.54, 1.807) is 17.3 Å². The zero-order valence-corrected chi connectivity index (χ0v) is 9.39. The molecule has 86 valence electrons. The van der Waals surface area contributed by atoms with Crippen LogP contribution >= 0.6 is 0 Å². The van der Waals surface area contributed by atoms with E-state index in [0.29, 0.717) is 6.54 Å². The van der Waals surface area contributed by atoms with Gasteiger partial charge in [0.2, 0.25) is 5.91 Å². The number of aryl methyl sites for hydroxylation is 1. The number of carbonyl (C=O) groups excluding carboxylic acids is 1. The fraction of sp³-hybridized carbons (Fsp3) is 0.545. The number of nitrogens with zero attached hydrogens (tertiary/aromatic N) is 3. The van der Waals surface area contributed by atoms with Crippen LogP contribution in [0.1, 0.15) is 24.2 Å². The van der Waals surface area contributed by atoms with E-state index in [9.17, 15) is 4.79 Å². The standard InChI is InChI=1S/C11H16N4O/c1-8-5-14-9(6-13-8)7-15-4-2-3-10(12)11(15)16/h5-6,10H,2-4,7,12H2,1H3. The van der Waals surface area contributed by atoms with Crippen molar-refractivity contribution in [3.05, 3.63) is 23.8 Å². The first-order valence-corrected chi connectivity index (χ1v) is 5.48. The fourth-order valence-corrected chi connectivity index (χ4v) is 1.82. The molecule has 1 atom stereocenters. The normalized spacial score (nSPS) is 21.2. The van der Waals surface area contributed by atoms with Gasteiger partial charge in [0, 0.05) is 12.7 Å². The average Bonchev–Trinajstić information content (AvgIpc) is 2.28. The zero-order valence-electron chi connectivity index (χ0n) is 9.39. The van der Waals surface area contributed by atoms with Gasteiger partial charge < -0.3 is 10.6 Å². The van der Waals surface area contributed by atoms with Crippen LogP contribution in [0.4, 0.5) is 0 Å². The lowest BCUT2D eigenvalue weighted by Gasteiger charge is -2.30. The van der Waals surface area contributed by atoms with Crippen LogP contribution in [0, 0.1) is 6.92 Å². The van der Waals surface area contributed by atoms with Crippen molar-refractivity contribution < 1.29 is 4.79 Å². The predicted molar refractivity (Wildman–Crippen MR) is 59.4 cm³/mol. The minimum absolute atomic E-state index is 0.0219. The summed E-state index contributed by atoms with van der Waals surface area (Å²) in [6.07, 6.45) is 5.17. The maximum atomic E-state index is 11.7. The van der Waals surface area contributed by atoms with Crippen molar-refractivity contribution in [3.63, 3.8) is 0 Å². The SMILES string of the molecule is Cc1cnc(CN2CCCC(N)C2=O)cn1. The third-order valence-electron chi connectivity index (χ3n) is 2.76. The Hall–Kier alpha value is -1.49. The number of hydrogen-bond donors (Lipinski definition) is 1. The second-order valence-corrected chi connectivity index (χ2v) is 4.16. The summed E-state index contributed by atoms with van der Waals surface area (Å²) < 4.78 is 0. The Labute approximate surface area is 94.7 Å². The lowest BCUT2D eigenvalue weighted by atomic mass is 10.1. The van der Waals surface area contributed by atoms with Gasteiger partial charge in [-0.15, -0.1) is 0 Å². The summed E-state index contributed by atoms with van der Waals surface area (Å²) >= 11 is 0. The van der Waals surface area contributed by atoms with Crippen LogP contribution in [-0.4, -0.2) is 33.4 Å². The lowest BCUT2D eigenvalue weighted by molar-refractivity contribution is -0.135. The van der Waals surface area contributed by atoms with Gasteiger partial charge in [0.1, 0.15) is 0 Å². The molecule has 5 heteroatoms. The minimum Gasteiger partial charge on any atom is -0.335 e. The summed E-state index contributed by atoms with van der Waals surface area (Å²) in [5.74, 6) is 0.0219. The van der Waals surface area contributed by atoms with Gasteiger partial charge in [0.15, 0.2) is 0 Å². The summed E-state index contributed by atoms with van der Waals surface area (Å²) in [6, 6.07) is -0.341. The smallest absolute Gasteiger partial charge is 0.239 e. The lowest BCUT2D eigenvalue weighted by Crippen LogP contribution is -2.47. The summed E-state index contributed by atoms with van der Waals surface area (Å²) in [4.78, 5) is 21.9. The maximum Gasteiger partial charge on any atom is 0.239 e. The first kappa shape index (κ1) is 11.0. The van der Waals surface area contributed by atoms with E-state index >= 15 is 0 Å². The third kappa shape index (κ3) is 2.36. The van der Waals surface area contributed by atoms with Crippen molar-refractivity contribution in [2.24, 2.45) is 5.73 Å². The van der Waals surface area contributed by atoms with Gasteiger partial charge in [-0.3, -0.25) is 14.8 Å². The van der Waals surface area contributed by atoms with Gasteiger partial charge in [-0.1, -0.05) is 0 Å². The number of likely N-dealkylation sites (tertiary alicyclic amines) is 1. The monoisotopic (exact) mass is 220 g/mol. The van der Waals surface area contributed by atoms with E-state index in [2.05, 4.69) is 9.97 Å². The summed E-state index contributed by atoms with van der Waals surface area (Å²) in [6.45, 7) is 3.17. The number of carbonyl (C=O) groups is 1. The molecule has 1 fully saturated rings. The van der Waals surface area contributed by atoms with Crippen molar-refractivity contribution in [1.82, 2.24) is 14.9 Å². The van der Waals surface area contributed by atoms with E-state index < -0.39 is 0 Å². The average molecular weight is 220 g/mol. The van der Waals surface area contributed by atoms with E-state index in [1.807, 2.05) is 6.92 Å². The van der Waals surface area contributed by atoms with Crippen LogP contribution in [0.25, 0.3) is 0 Å². The van der Waals surface area contributed by atoms with Crippen LogP contribution in [0.5, 0.6) is 0 Å². The number of nitrogens with two attached hydrogens (primary N) is 1. The van der Waals surface area contributed by atoms with Gasteiger partial charge in [0.25, 0.3) is 0 Å². The number of hydrogen-bond acceptors (Lipinski definition) is 4. The summed E-state index contributed by atoms with van der Waals surface area (Å²) in [5, 5.41) is 0. The molecule has 1 unspecified atom stereocenters. The highest BCUT2D eigenvalue weighted by molar-refractivity contribution is 5.82. The topological polar surface area (TPSA) is 72.1 Å². The molecule has 1 aromatic rings. The Morgan fingerprint density at radius 3 is 3.00 bits per heavy atom. The van der Waals surface area contributed by atoms with Gasteiger partial charge >= 0.3 is 0 Å². The molecule has 1 aliphatic rings.